The highest BCUT2D eigenvalue weighted by molar-refractivity contribution is 5.87. The van der Waals surface area contributed by atoms with Crippen LogP contribution in [0.2, 0.25) is 0 Å². The number of ether oxygens (including phenoxy) is 1. The number of nitrogens with two attached hydrogens (primary N) is 1. The van der Waals surface area contributed by atoms with Crippen molar-refractivity contribution < 1.29 is 14.3 Å². The summed E-state index contributed by atoms with van der Waals surface area (Å²) in [6, 6.07) is 8.14. The van der Waals surface area contributed by atoms with Crippen molar-refractivity contribution in [2.75, 3.05) is 31.6 Å². The highest BCUT2D eigenvalue weighted by atomic mass is 16.5. The van der Waals surface area contributed by atoms with Crippen molar-refractivity contribution in [2.24, 2.45) is 11.1 Å². The van der Waals surface area contributed by atoms with Crippen LogP contribution < -0.4 is 15.4 Å². The number of primary amides is 1. The van der Waals surface area contributed by atoms with E-state index in [0.29, 0.717) is 13.1 Å². The van der Waals surface area contributed by atoms with Gasteiger partial charge in [-0.25, -0.2) is 0 Å². The number of carbonyl (C=O) groups excluding carboxylic acids is 2. The minimum atomic E-state index is -0.812. The number of benzene rings is 1. The Kier molecular flexibility index (Phi) is 5.36. The quantitative estimate of drug-likeness (QED) is 0.889. The fourth-order valence-electron chi connectivity index (χ4n) is 2.92. The third-order valence-corrected chi connectivity index (χ3v) is 4.64. The smallest absolute Gasteiger partial charge is 0.223 e. The summed E-state index contributed by atoms with van der Waals surface area (Å²) in [5.74, 6) is 0.370. The Morgan fingerprint density at radius 3 is 2.38 bits per heavy atom. The first-order chi connectivity index (χ1) is 11.2. The second-order valence-corrected chi connectivity index (χ2v) is 7.01. The van der Waals surface area contributed by atoms with E-state index in [1.807, 2.05) is 29.2 Å². The molecule has 1 fully saturated rings. The maximum absolute atomic E-state index is 12.5. The van der Waals surface area contributed by atoms with Crippen molar-refractivity contribution in [2.45, 2.75) is 33.2 Å². The lowest BCUT2D eigenvalue weighted by Gasteiger charge is -2.42. The molecule has 1 aliphatic rings. The van der Waals surface area contributed by atoms with Crippen LogP contribution in [-0.4, -0.2) is 49.5 Å². The lowest BCUT2D eigenvalue weighted by molar-refractivity contribution is -0.139. The molecule has 24 heavy (non-hydrogen) atoms. The van der Waals surface area contributed by atoms with Gasteiger partial charge in [-0.05, 0) is 31.2 Å². The maximum Gasteiger partial charge on any atom is 0.223 e. The lowest BCUT2D eigenvalue weighted by Crippen LogP contribution is -2.54. The van der Waals surface area contributed by atoms with Gasteiger partial charge in [0, 0.05) is 37.8 Å². The molecule has 0 aromatic heterocycles. The van der Waals surface area contributed by atoms with Gasteiger partial charge in [0.1, 0.15) is 5.75 Å². The number of amides is 2. The number of methoxy groups -OCH3 is 1. The van der Waals surface area contributed by atoms with E-state index in [1.165, 1.54) is 0 Å². The van der Waals surface area contributed by atoms with Gasteiger partial charge in [-0.2, -0.15) is 0 Å². The van der Waals surface area contributed by atoms with Gasteiger partial charge in [-0.3, -0.25) is 9.59 Å². The van der Waals surface area contributed by atoms with Crippen LogP contribution in [0.15, 0.2) is 24.3 Å². The zero-order valence-electron chi connectivity index (χ0n) is 14.9. The molecule has 2 N–H and O–H groups in total. The highest BCUT2D eigenvalue weighted by Gasteiger charge is 2.33. The van der Waals surface area contributed by atoms with Gasteiger partial charge in [-0.1, -0.05) is 13.8 Å². The predicted octanol–water partition coefficient (Wildman–Crippen LogP) is 1.63. The molecule has 1 aromatic rings. The average Bonchev–Trinajstić information content (AvgIpc) is 2.54. The largest absolute Gasteiger partial charge is 0.497 e. The highest BCUT2D eigenvalue weighted by Crippen LogP contribution is 2.25. The van der Waals surface area contributed by atoms with E-state index in [1.54, 1.807) is 21.0 Å². The molecule has 1 heterocycles. The second-order valence-electron chi connectivity index (χ2n) is 7.01. The molecular weight excluding hydrogens is 306 g/mol. The Bertz CT molecular complexity index is 598. The van der Waals surface area contributed by atoms with E-state index in [9.17, 15) is 9.59 Å². The van der Waals surface area contributed by atoms with Crippen molar-refractivity contribution in [1.29, 1.82) is 0 Å². The monoisotopic (exact) mass is 333 g/mol. The van der Waals surface area contributed by atoms with Crippen LogP contribution in [0.1, 0.15) is 27.2 Å². The van der Waals surface area contributed by atoms with Gasteiger partial charge in [0.25, 0.3) is 0 Å². The SMILES string of the molecule is COc1ccc(N2CCN(C(=O)CC(C)(C)C(N)=O)CC2C)cc1. The molecule has 1 unspecified atom stereocenters. The topological polar surface area (TPSA) is 75.9 Å². The summed E-state index contributed by atoms with van der Waals surface area (Å²) in [6.07, 6.45) is 0.150. The lowest BCUT2D eigenvalue weighted by atomic mass is 9.88. The molecule has 0 spiro atoms. The van der Waals surface area contributed by atoms with Crippen LogP contribution in [0.5, 0.6) is 5.75 Å². The second kappa shape index (κ2) is 7.11. The Morgan fingerprint density at radius 1 is 1.25 bits per heavy atom. The number of rotatable bonds is 5. The van der Waals surface area contributed by atoms with Gasteiger partial charge in [0.2, 0.25) is 11.8 Å². The minimum Gasteiger partial charge on any atom is -0.497 e. The number of hydrogen-bond donors (Lipinski definition) is 1. The van der Waals surface area contributed by atoms with Crippen molar-refractivity contribution in [3.63, 3.8) is 0 Å². The summed E-state index contributed by atoms with van der Waals surface area (Å²) in [4.78, 5) is 28.0. The molecule has 1 atom stereocenters. The zero-order valence-corrected chi connectivity index (χ0v) is 14.9. The zero-order chi connectivity index (χ0) is 17.9. The average molecular weight is 333 g/mol. The number of anilines is 1. The van der Waals surface area contributed by atoms with Crippen molar-refractivity contribution >= 4 is 17.5 Å². The molecule has 1 aliphatic heterocycles. The number of piperazine rings is 1. The van der Waals surface area contributed by atoms with Crippen molar-refractivity contribution in [3.8, 4) is 5.75 Å². The van der Waals surface area contributed by atoms with E-state index in [4.69, 9.17) is 10.5 Å². The summed E-state index contributed by atoms with van der Waals surface area (Å²) in [6.45, 7) is 7.57. The summed E-state index contributed by atoms with van der Waals surface area (Å²) in [5.41, 5.74) is 5.68. The number of hydrogen-bond acceptors (Lipinski definition) is 4. The van der Waals surface area contributed by atoms with E-state index >= 15 is 0 Å². The molecule has 0 aliphatic carbocycles. The molecule has 2 amide bonds. The molecule has 6 nitrogen and oxygen atoms in total. The third-order valence-electron chi connectivity index (χ3n) is 4.64. The van der Waals surface area contributed by atoms with E-state index < -0.39 is 11.3 Å². The normalized spacial score (nSPS) is 18.4. The summed E-state index contributed by atoms with van der Waals surface area (Å²) in [5, 5.41) is 0. The van der Waals surface area contributed by atoms with Gasteiger partial charge in [0.05, 0.1) is 12.5 Å². The van der Waals surface area contributed by atoms with Crippen molar-refractivity contribution in [1.82, 2.24) is 4.90 Å². The fraction of sp³-hybridized carbons (Fsp3) is 0.556. The molecule has 0 bridgehead atoms. The summed E-state index contributed by atoms with van der Waals surface area (Å²) >= 11 is 0. The van der Waals surface area contributed by atoms with Crippen LogP contribution in [-0.2, 0) is 9.59 Å². The van der Waals surface area contributed by atoms with Crippen LogP contribution in [0, 0.1) is 5.41 Å². The Hall–Kier alpha value is -2.24. The molecule has 2 rings (SSSR count). The molecule has 132 valence electrons. The van der Waals surface area contributed by atoms with E-state index in [-0.39, 0.29) is 18.4 Å². The first-order valence-corrected chi connectivity index (χ1v) is 8.23. The Balaban J connectivity index is 1.99. The Morgan fingerprint density at radius 2 is 1.88 bits per heavy atom. The molecule has 1 saturated heterocycles. The third kappa shape index (κ3) is 3.99. The van der Waals surface area contributed by atoms with Gasteiger partial charge < -0.3 is 20.3 Å². The van der Waals surface area contributed by atoms with Gasteiger partial charge in [-0.15, -0.1) is 0 Å². The minimum absolute atomic E-state index is 0.0139. The van der Waals surface area contributed by atoms with E-state index in [0.717, 1.165) is 18.0 Å². The van der Waals surface area contributed by atoms with Crippen molar-refractivity contribution in [3.05, 3.63) is 24.3 Å². The first kappa shape index (κ1) is 18.1. The van der Waals surface area contributed by atoms with Crippen LogP contribution in [0.4, 0.5) is 5.69 Å². The standard InChI is InChI=1S/C18H27N3O3/c1-13-12-20(16(22)11-18(2,3)17(19)23)9-10-21(13)14-5-7-15(24-4)8-6-14/h5-8,13H,9-12H2,1-4H3,(H2,19,23). The molecule has 1 aromatic carbocycles. The first-order valence-electron chi connectivity index (χ1n) is 8.23. The number of carbonyl (C=O) groups is 2. The van der Waals surface area contributed by atoms with Crippen LogP contribution >= 0.6 is 0 Å². The van der Waals surface area contributed by atoms with E-state index in [2.05, 4.69) is 11.8 Å². The number of nitrogens with zero attached hydrogens (tertiary/aromatic N) is 2. The molecular formula is C18H27N3O3. The van der Waals surface area contributed by atoms with Crippen LogP contribution in [0.25, 0.3) is 0 Å². The maximum atomic E-state index is 12.5. The summed E-state index contributed by atoms with van der Waals surface area (Å²) in [7, 11) is 1.65. The summed E-state index contributed by atoms with van der Waals surface area (Å²) < 4.78 is 5.19. The Labute approximate surface area is 143 Å². The van der Waals surface area contributed by atoms with Gasteiger partial charge >= 0.3 is 0 Å². The fourth-order valence-corrected chi connectivity index (χ4v) is 2.92. The van der Waals surface area contributed by atoms with Crippen LogP contribution in [0.3, 0.4) is 0 Å². The predicted molar refractivity (Wildman–Crippen MR) is 94.0 cm³/mol. The molecule has 0 radical (unpaired) electrons. The molecule has 6 heteroatoms. The molecule has 0 saturated carbocycles. The van der Waals surface area contributed by atoms with Gasteiger partial charge in [0.15, 0.2) is 0 Å².